The summed E-state index contributed by atoms with van der Waals surface area (Å²) in [6.07, 6.45) is 74.5. The van der Waals surface area contributed by atoms with Crippen LogP contribution in [0.3, 0.4) is 0 Å². The van der Waals surface area contributed by atoms with Crippen molar-refractivity contribution >= 4 is 13.8 Å². The number of phosphoric ester groups is 1. The van der Waals surface area contributed by atoms with E-state index in [-0.39, 0.29) is 32.2 Å². The average Bonchev–Trinajstić information content (AvgIpc) is 3.33. The predicted octanol–water partition coefficient (Wildman–Crippen LogP) is 17.9. The van der Waals surface area contributed by atoms with Crippen LogP contribution < -0.4 is 4.89 Å². The molecule has 0 radical (unpaired) electrons. The molecule has 2 unspecified atom stereocenters. The smallest absolute Gasteiger partial charge is 0.306 e. The van der Waals surface area contributed by atoms with E-state index in [9.17, 15) is 14.3 Å². The Hall–Kier alpha value is -2.58. The Morgan fingerprint density at radius 2 is 0.817 bits per heavy atom. The molecule has 0 heterocycles. The molecule has 0 amide bonds. The molecule has 71 heavy (non-hydrogen) atoms. The number of allylic oxidation sites excluding steroid dienone is 16. The van der Waals surface area contributed by atoms with Crippen molar-refractivity contribution in [2.24, 2.45) is 0 Å². The van der Waals surface area contributed by atoms with Crippen LogP contribution in [0.5, 0.6) is 0 Å². The summed E-state index contributed by atoms with van der Waals surface area (Å²) in [5.74, 6) is -0.359. The first-order valence-corrected chi connectivity index (χ1v) is 30.4. The van der Waals surface area contributed by atoms with Crippen molar-refractivity contribution in [3.8, 4) is 0 Å². The van der Waals surface area contributed by atoms with Crippen molar-refractivity contribution in [2.45, 2.75) is 238 Å². The van der Waals surface area contributed by atoms with E-state index < -0.39 is 13.9 Å². The van der Waals surface area contributed by atoms with Gasteiger partial charge in [0.05, 0.1) is 34.4 Å². The maximum Gasteiger partial charge on any atom is 0.306 e. The van der Waals surface area contributed by atoms with Gasteiger partial charge in [-0.2, -0.15) is 0 Å². The van der Waals surface area contributed by atoms with Crippen LogP contribution >= 0.6 is 7.82 Å². The fraction of sp³-hybridized carbons (Fsp3) is 0.726. The molecular weight excluding hydrogens is 902 g/mol. The highest BCUT2D eigenvalue weighted by Gasteiger charge is 2.20. The van der Waals surface area contributed by atoms with Gasteiger partial charge < -0.3 is 27.9 Å². The van der Waals surface area contributed by atoms with E-state index in [1.807, 2.05) is 21.1 Å². The van der Waals surface area contributed by atoms with E-state index >= 15 is 0 Å². The summed E-state index contributed by atoms with van der Waals surface area (Å²) in [6.45, 7) is 5.26. The van der Waals surface area contributed by atoms with Crippen LogP contribution in [0.4, 0.5) is 0 Å². The monoisotopic (exact) mass is 1010 g/mol. The summed E-state index contributed by atoms with van der Waals surface area (Å²) in [5, 5.41) is 0. The zero-order valence-corrected chi connectivity index (χ0v) is 47.5. The molecule has 0 aliphatic heterocycles. The Labute approximate surface area is 438 Å². The third kappa shape index (κ3) is 58.2. The molecule has 0 rings (SSSR count). The molecule has 0 aromatic heterocycles. The molecule has 0 aliphatic carbocycles. The molecule has 8 nitrogen and oxygen atoms in total. The molecule has 0 aromatic carbocycles. The molecule has 0 bridgehead atoms. The van der Waals surface area contributed by atoms with E-state index in [0.717, 1.165) is 89.9 Å². The normalized spacial score (nSPS) is 14.2. The molecule has 0 spiro atoms. The van der Waals surface area contributed by atoms with Crippen LogP contribution in [0.15, 0.2) is 97.2 Å². The first-order chi connectivity index (χ1) is 34.6. The lowest BCUT2D eigenvalue weighted by Gasteiger charge is -2.28. The SMILES string of the molecule is CC/C=C\C/C=C\C/C=C\C/C=C\C/C=C\C/C=C\CCCCCCC(=O)OC(COCCCCCCCCCCCCCCCC/C=C\C/C=C\CCCCCCC)COP(=O)([O-])OCC[N+](C)(C)C. The highest BCUT2D eigenvalue weighted by atomic mass is 31.2. The maximum atomic E-state index is 12.8. The Kier molecular flexibility index (Phi) is 51.8. The number of likely N-dealkylation sites (N-methyl/N-ethyl adjacent to an activating group) is 1. The van der Waals surface area contributed by atoms with E-state index in [2.05, 4.69) is 111 Å². The predicted molar refractivity (Wildman–Crippen MR) is 305 cm³/mol. The van der Waals surface area contributed by atoms with Gasteiger partial charge in [-0.1, -0.05) is 227 Å². The number of rotatable bonds is 53. The van der Waals surface area contributed by atoms with Crippen LogP contribution in [-0.4, -0.2) is 70.7 Å². The summed E-state index contributed by atoms with van der Waals surface area (Å²) in [5.41, 5.74) is 0. The fourth-order valence-electron chi connectivity index (χ4n) is 7.70. The number of unbranched alkanes of at least 4 members (excludes halogenated alkanes) is 23. The summed E-state index contributed by atoms with van der Waals surface area (Å²) < 4.78 is 34.8. The average molecular weight is 1010 g/mol. The van der Waals surface area contributed by atoms with Crippen molar-refractivity contribution in [3.05, 3.63) is 97.2 Å². The van der Waals surface area contributed by atoms with Gasteiger partial charge in [-0.05, 0) is 96.3 Å². The zero-order chi connectivity index (χ0) is 51.9. The lowest BCUT2D eigenvalue weighted by Crippen LogP contribution is -2.37. The van der Waals surface area contributed by atoms with Gasteiger partial charge in [-0.25, -0.2) is 0 Å². The second kappa shape index (κ2) is 53.7. The summed E-state index contributed by atoms with van der Waals surface area (Å²) in [4.78, 5) is 25.3. The molecule has 410 valence electrons. The lowest BCUT2D eigenvalue weighted by atomic mass is 10.0. The number of carbonyl (C=O) groups excluding carboxylic acids is 1. The topological polar surface area (TPSA) is 94.1 Å². The minimum absolute atomic E-state index is 0.0160. The summed E-state index contributed by atoms with van der Waals surface area (Å²) in [6, 6.07) is 0. The maximum absolute atomic E-state index is 12.8. The molecule has 0 aromatic rings. The van der Waals surface area contributed by atoms with Crippen molar-refractivity contribution in [1.29, 1.82) is 0 Å². The number of esters is 1. The standard InChI is InChI=1S/C62H110NO7P/c1-6-8-10-12-14-16-18-20-22-24-26-28-30-31-32-34-36-38-40-42-44-46-48-50-52-54-57-67-59-61(60-69-71(65,66)68-58-56-63(3,4)5)70-62(64)55-53-51-49-47-45-43-41-39-37-35-33-29-27-25-23-21-19-17-15-13-11-9-7-2/h9,11,15,17-18,20-21,23-24,26-27,29,35,37,41,43,61H,6-8,10,12-14,16,19,22,25,28,30-34,36,38-40,42,44-60H2,1-5H3/b11-9-,17-15-,20-18-,23-21-,26-24-,29-27-,37-35-,43-41-. The first-order valence-electron chi connectivity index (χ1n) is 29.0. The molecule has 0 N–H and O–H groups in total. The fourth-order valence-corrected chi connectivity index (χ4v) is 8.43. The van der Waals surface area contributed by atoms with E-state index in [0.29, 0.717) is 17.6 Å². The first kappa shape index (κ1) is 68.4. The number of phosphoric acid groups is 1. The summed E-state index contributed by atoms with van der Waals surface area (Å²) >= 11 is 0. The number of nitrogens with zero attached hydrogens (tertiary/aromatic N) is 1. The second-order valence-corrected chi connectivity index (χ2v) is 21.7. The van der Waals surface area contributed by atoms with Crippen LogP contribution in [0.1, 0.15) is 232 Å². The van der Waals surface area contributed by atoms with Crippen LogP contribution in [0, 0.1) is 0 Å². The van der Waals surface area contributed by atoms with Gasteiger partial charge >= 0.3 is 5.97 Å². The van der Waals surface area contributed by atoms with Crippen LogP contribution in [0.25, 0.3) is 0 Å². The number of hydrogen-bond acceptors (Lipinski definition) is 7. The number of quaternary nitrogens is 1. The third-order valence-electron chi connectivity index (χ3n) is 12.1. The number of ether oxygens (including phenoxy) is 2. The van der Waals surface area contributed by atoms with Crippen LogP contribution in [-0.2, 0) is 27.9 Å². The number of hydrogen-bond donors (Lipinski definition) is 0. The van der Waals surface area contributed by atoms with Gasteiger partial charge in [0.2, 0.25) is 0 Å². The molecule has 0 saturated heterocycles. The van der Waals surface area contributed by atoms with Crippen LogP contribution in [0.2, 0.25) is 0 Å². The van der Waals surface area contributed by atoms with Gasteiger partial charge in [0, 0.05) is 13.0 Å². The minimum Gasteiger partial charge on any atom is -0.756 e. The van der Waals surface area contributed by atoms with Gasteiger partial charge in [0.15, 0.2) is 0 Å². The molecule has 2 atom stereocenters. The Balaban J connectivity index is 4.14. The largest absolute Gasteiger partial charge is 0.756 e. The van der Waals surface area contributed by atoms with Gasteiger partial charge in [0.25, 0.3) is 7.82 Å². The summed E-state index contributed by atoms with van der Waals surface area (Å²) in [7, 11) is 1.33. The molecular formula is C62H110NO7P. The molecule has 0 aliphatic rings. The lowest BCUT2D eigenvalue weighted by molar-refractivity contribution is -0.870. The van der Waals surface area contributed by atoms with Gasteiger partial charge in [-0.15, -0.1) is 0 Å². The molecule has 0 saturated carbocycles. The van der Waals surface area contributed by atoms with Crippen molar-refractivity contribution < 1.29 is 37.3 Å². The highest BCUT2D eigenvalue weighted by molar-refractivity contribution is 7.45. The minimum atomic E-state index is -4.55. The van der Waals surface area contributed by atoms with E-state index in [1.165, 1.54) is 122 Å². The van der Waals surface area contributed by atoms with Crippen molar-refractivity contribution in [3.63, 3.8) is 0 Å². The van der Waals surface area contributed by atoms with E-state index in [1.54, 1.807) is 0 Å². The van der Waals surface area contributed by atoms with Crippen molar-refractivity contribution in [1.82, 2.24) is 0 Å². The highest BCUT2D eigenvalue weighted by Crippen LogP contribution is 2.38. The Morgan fingerprint density at radius 1 is 0.451 bits per heavy atom. The van der Waals surface area contributed by atoms with Gasteiger partial charge in [0.1, 0.15) is 19.3 Å². The van der Waals surface area contributed by atoms with Gasteiger partial charge in [-0.3, -0.25) is 9.36 Å². The molecule has 0 fully saturated rings. The third-order valence-corrected chi connectivity index (χ3v) is 13.1. The zero-order valence-electron chi connectivity index (χ0n) is 46.6. The van der Waals surface area contributed by atoms with Crippen molar-refractivity contribution in [2.75, 3.05) is 54.1 Å². The van der Waals surface area contributed by atoms with E-state index in [4.69, 9.17) is 18.5 Å². The Bertz CT molecular complexity index is 1460. The second-order valence-electron chi connectivity index (χ2n) is 20.3. The quantitative estimate of drug-likeness (QED) is 0.0197. The Morgan fingerprint density at radius 3 is 1.23 bits per heavy atom. The number of carbonyl (C=O) groups is 1. The molecule has 9 heteroatoms.